The van der Waals surface area contributed by atoms with Crippen molar-refractivity contribution < 1.29 is 9.59 Å². The lowest BCUT2D eigenvalue weighted by Crippen LogP contribution is -2.52. The number of pyridine rings is 1. The smallest absolute Gasteiger partial charge is 0.272 e. The Morgan fingerprint density at radius 2 is 1.85 bits per heavy atom. The number of aryl methyl sites for hydroxylation is 1. The van der Waals surface area contributed by atoms with E-state index in [1.165, 1.54) is 0 Å². The third kappa shape index (κ3) is 3.59. The van der Waals surface area contributed by atoms with Gasteiger partial charge in [-0.25, -0.2) is 0 Å². The van der Waals surface area contributed by atoms with Gasteiger partial charge in [-0.3, -0.25) is 19.3 Å². The van der Waals surface area contributed by atoms with Gasteiger partial charge in [-0.1, -0.05) is 0 Å². The molecular formula is C20H25N5O2. The van der Waals surface area contributed by atoms with Gasteiger partial charge in [0.25, 0.3) is 5.91 Å². The molecule has 2 aromatic heterocycles. The predicted molar refractivity (Wildman–Crippen MR) is 99.7 cm³/mol. The highest BCUT2D eigenvalue weighted by atomic mass is 16.2. The molecule has 7 nitrogen and oxygen atoms in total. The van der Waals surface area contributed by atoms with Gasteiger partial charge in [-0.15, -0.1) is 0 Å². The van der Waals surface area contributed by atoms with Crippen LogP contribution in [0.25, 0.3) is 0 Å². The summed E-state index contributed by atoms with van der Waals surface area (Å²) in [7, 11) is 1.79. The highest BCUT2D eigenvalue weighted by molar-refractivity contribution is 5.92. The van der Waals surface area contributed by atoms with Crippen LogP contribution in [0.3, 0.4) is 0 Å². The molecule has 0 aromatic carbocycles. The minimum atomic E-state index is 0.0466. The Morgan fingerprint density at radius 1 is 1.11 bits per heavy atom. The van der Waals surface area contributed by atoms with Crippen LogP contribution in [0.1, 0.15) is 41.7 Å². The minimum absolute atomic E-state index is 0.0466. The van der Waals surface area contributed by atoms with E-state index in [1.807, 2.05) is 21.9 Å². The summed E-state index contributed by atoms with van der Waals surface area (Å²) in [5, 5.41) is 4.09. The molecule has 2 aromatic rings. The molecule has 0 N–H and O–H groups in total. The molecule has 0 unspecified atom stereocenters. The summed E-state index contributed by atoms with van der Waals surface area (Å²) in [5.41, 5.74) is 1.87. The molecule has 2 aliphatic rings. The zero-order valence-electron chi connectivity index (χ0n) is 15.7. The number of nitrogens with zero attached hydrogens (tertiary/aromatic N) is 5. The number of hydrogen-bond acceptors (Lipinski definition) is 4. The summed E-state index contributed by atoms with van der Waals surface area (Å²) >= 11 is 0. The molecule has 2 fully saturated rings. The van der Waals surface area contributed by atoms with E-state index in [2.05, 4.69) is 10.1 Å². The molecule has 1 spiro atoms. The molecule has 0 saturated carbocycles. The van der Waals surface area contributed by atoms with Gasteiger partial charge in [-0.2, -0.15) is 5.10 Å². The zero-order chi connectivity index (χ0) is 18.9. The first-order valence-corrected chi connectivity index (χ1v) is 9.50. The van der Waals surface area contributed by atoms with Crippen LogP contribution in [0.2, 0.25) is 0 Å². The maximum absolute atomic E-state index is 12.7. The minimum Gasteiger partial charge on any atom is -0.338 e. The van der Waals surface area contributed by atoms with Crippen LogP contribution >= 0.6 is 0 Å². The fourth-order valence-corrected chi connectivity index (χ4v) is 4.29. The standard InChI is InChI=1S/C20H25N5O2/c1-23-17(5-11-22-23)19(27)24-12-7-20(8-13-24)6-2-18(26)25(15-20)14-16-3-9-21-10-4-16/h3-5,9-11H,2,6-8,12-15H2,1H3. The average molecular weight is 367 g/mol. The molecule has 27 heavy (non-hydrogen) atoms. The monoisotopic (exact) mass is 367 g/mol. The number of aromatic nitrogens is 3. The summed E-state index contributed by atoms with van der Waals surface area (Å²) in [6.45, 7) is 2.89. The molecule has 142 valence electrons. The van der Waals surface area contributed by atoms with Crippen molar-refractivity contribution >= 4 is 11.8 Å². The maximum atomic E-state index is 12.7. The lowest BCUT2D eigenvalue weighted by molar-refractivity contribution is -0.139. The summed E-state index contributed by atoms with van der Waals surface area (Å²) in [6, 6.07) is 5.69. The SMILES string of the molecule is Cn1nccc1C(=O)N1CCC2(CCC(=O)N(Cc3ccncc3)C2)CC1. The second-order valence-electron chi connectivity index (χ2n) is 7.74. The lowest BCUT2D eigenvalue weighted by Gasteiger charge is -2.47. The molecule has 2 amide bonds. The number of carbonyl (C=O) groups is 2. The topological polar surface area (TPSA) is 71.3 Å². The Balaban J connectivity index is 1.40. The summed E-state index contributed by atoms with van der Waals surface area (Å²) < 4.78 is 1.63. The first kappa shape index (κ1) is 17.7. The van der Waals surface area contributed by atoms with Crippen LogP contribution in [-0.4, -0.2) is 56.0 Å². The second kappa shape index (κ2) is 7.13. The number of rotatable bonds is 3. The third-order valence-corrected chi connectivity index (χ3v) is 6.02. The summed E-state index contributed by atoms with van der Waals surface area (Å²) in [6.07, 6.45) is 8.59. The molecule has 4 heterocycles. The fraction of sp³-hybridized carbons (Fsp3) is 0.500. The number of piperidine rings is 2. The van der Waals surface area contributed by atoms with E-state index in [0.717, 1.165) is 44.5 Å². The van der Waals surface area contributed by atoms with Crippen molar-refractivity contribution in [1.82, 2.24) is 24.6 Å². The van der Waals surface area contributed by atoms with E-state index < -0.39 is 0 Å². The largest absolute Gasteiger partial charge is 0.338 e. The van der Waals surface area contributed by atoms with Gasteiger partial charge in [0.1, 0.15) is 5.69 Å². The van der Waals surface area contributed by atoms with Gasteiger partial charge in [0, 0.05) is 58.2 Å². The fourth-order valence-electron chi connectivity index (χ4n) is 4.29. The third-order valence-electron chi connectivity index (χ3n) is 6.02. The molecule has 7 heteroatoms. The Morgan fingerprint density at radius 3 is 2.52 bits per heavy atom. The highest BCUT2D eigenvalue weighted by Gasteiger charge is 2.41. The van der Waals surface area contributed by atoms with Crippen molar-refractivity contribution in [3.05, 3.63) is 48.0 Å². The number of carbonyl (C=O) groups excluding carboxylic acids is 2. The molecule has 2 saturated heterocycles. The Labute approximate surface area is 159 Å². The van der Waals surface area contributed by atoms with Crippen molar-refractivity contribution in [2.45, 2.75) is 32.2 Å². The highest BCUT2D eigenvalue weighted by Crippen LogP contribution is 2.40. The van der Waals surface area contributed by atoms with Gasteiger partial charge in [0.2, 0.25) is 5.91 Å². The van der Waals surface area contributed by atoms with E-state index in [0.29, 0.717) is 18.7 Å². The Hall–Kier alpha value is -2.70. The average Bonchev–Trinajstić information content (AvgIpc) is 3.12. The molecule has 0 bridgehead atoms. The first-order chi connectivity index (χ1) is 13.1. The van der Waals surface area contributed by atoms with E-state index in [1.54, 1.807) is 36.4 Å². The molecule has 0 radical (unpaired) electrons. The van der Waals surface area contributed by atoms with Gasteiger partial charge < -0.3 is 9.80 Å². The van der Waals surface area contributed by atoms with Crippen LogP contribution in [0, 0.1) is 5.41 Å². The van der Waals surface area contributed by atoms with Crippen molar-refractivity contribution in [2.75, 3.05) is 19.6 Å². The number of hydrogen-bond donors (Lipinski definition) is 0. The van der Waals surface area contributed by atoms with Crippen molar-refractivity contribution in [3.63, 3.8) is 0 Å². The normalized spacial score (nSPS) is 19.5. The van der Waals surface area contributed by atoms with Crippen LogP contribution in [-0.2, 0) is 18.4 Å². The van der Waals surface area contributed by atoms with E-state index >= 15 is 0 Å². The lowest BCUT2D eigenvalue weighted by atomic mass is 9.72. The molecule has 0 atom stereocenters. The van der Waals surface area contributed by atoms with Crippen molar-refractivity contribution in [3.8, 4) is 0 Å². The van der Waals surface area contributed by atoms with Crippen LogP contribution in [0.5, 0.6) is 0 Å². The van der Waals surface area contributed by atoms with Crippen molar-refractivity contribution in [1.29, 1.82) is 0 Å². The molecular weight excluding hydrogens is 342 g/mol. The molecule has 0 aliphatic carbocycles. The van der Waals surface area contributed by atoms with Gasteiger partial charge >= 0.3 is 0 Å². The van der Waals surface area contributed by atoms with Crippen LogP contribution in [0.15, 0.2) is 36.8 Å². The first-order valence-electron chi connectivity index (χ1n) is 9.50. The van der Waals surface area contributed by atoms with Crippen LogP contribution in [0.4, 0.5) is 0 Å². The maximum Gasteiger partial charge on any atom is 0.272 e. The van der Waals surface area contributed by atoms with Crippen molar-refractivity contribution in [2.24, 2.45) is 12.5 Å². The summed E-state index contributed by atoms with van der Waals surface area (Å²) in [5.74, 6) is 0.274. The second-order valence-corrected chi connectivity index (χ2v) is 7.74. The molecule has 2 aliphatic heterocycles. The van der Waals surface area contributed by atoms with E-state index in [4.69, 9.17) is 0 Å². The predicted octanol–water partition coefficient (Wildman–Crippen LogP) is 1.86. The van der Waals surface area contributed by atoms with Crippen LogP contribution < -0.4 is 0 Å². The van der Waals surface area contributed by atoms with Gasteiger partial charge in [0.05, 0.1) is 0 Å². The Bertz CT molecular complexity index is 824. The quantitative estimate of drug-likeness (QED) is 0.830. The Kier molecular flexibility index (Phi) is 4.68. The molecule has 4 rings (SSSR count). The number of amides is 2. The van der Waals surface area contributed by atoms with E-state index in [-0.39, 0.29) is 17.2 Å². The zero-order valence-corrected chi connectivity index (χ0v) is 15.7. The van der Waals surface area contributed by atoms with Gasteiger partial charge in [-0.05, 0) is 48.4 Å². The van der Waals surface area contributed by atoms with E-state index in [9.17, 15) is 9.59 Å². The summed E-state index contributed by atoms with van der Waals surface area (Å²) in [4.78, 5) is 33.1. The number of likely N-dealkylation sites (tertiary alicyclic amines) is 2. The van der Waals surface area contributed by atoms with Gasteiger partial charge in [0.15, 0.2) is 0 Å².